The van der Waals surface area contributed by atoms with Crippen molar-refractivity contribution in [3.63, 3.8) is 0 Å². The van der Waals surface area contributed by atoms with Crippen LogP contribution in [0.2, 0.25) is 0 Å². The van der Waals surface area contributed by atoms with Gasteiger partial charge in [-0.2, -0.15) is 5.26 Å². The standard InChI is InChI=1S/C18H13N3S/c19-12-15-9-10-17(16-8-4-5-11-20-16)21-18(15)22-13-14-6-2-1-3-7-14/h1-11H,13H2. The maximum atomic E-state index is 9.26. The molecule has 0 bridgehead atoms. The van der Waals surface area contributed by atoms with Gasteiger partial charge >= 0.3 is 0 Å². The monoisotopic (exact) mass is 303 g/mol. The topological polar surface area (TPSA) is 49.6 Å². The number of hydrogen-bond donors (Lipinski definition) is 0. The Morgan fingerprint density at radius 1 is 0.909 bits per heavy atom. The van der Waals surface area contributed by atoms with E-state index < -0.39 is 0 Å². The number of thioether (sulfide) groups is 1. The van der Waals surface area contributed by atoms with Gasteiger partial charge in [0.05, 0.1) is 17.0 Å². The van der Waals surface area contributed by atoms with Crippen LogP contribution in [0.15, 0.2) is 71.9 Å². The van der Waals surface area contributed by atoms with Crippen LogP contribution in [0.25, 0.3) is 11.4 Å². The Kier molecular flexibility index (Phi) is 4.47. The smallest absolute Gasteiger partial charge is 0.115 e. The molecule has 0 N–H and O–H groups in total. The Labute approximate surface area is 133 Å². The average molecular weight is 303 g/mol. The quantitative estimate of drug-likeness (QED) is 0.674. The molecule has 2 heterocycles. The van der Waals surface area contributed by atoms with Gasteiger partial charge in [0.15, 0.2) is 0 Å². The van der Waals surface area contributed by atoms with Crippen molar-refractivity contribution in [3.8, 4) is 17.5 Å². The third-order valence-corrected chi connectivity index (χ3v) is 4.19. The van der Waals surface area contributed by atoms with Gasteiger partial charge in [-0.25, -0.2) is 4.98 Å². The zero-order chi connectivity index (χ0) is 15.2. The molecule has 3 nitrogen and oxygen atoms in total. The Bertz CT molecular complexity index is 796. The summed E-state index contributed by atoms with van der Waals surface area (Å²) in [7, 11) is 0. The number of rotatable bonds is 4. The summed E-state index contributed by atoms with van der Waals surface area (Å²) in [5, 5.41) is 10.0. The molecule has 0 radical (unpaired) electrons. The van der Waals surface area contributed by atoms with E-state index in [0.717, 1.165) is 22.2 Å². The van der Waals surface area contributed by atoms with Crippen molar-refractivity contribution in [3.05, 3.63) is 78.0 Å². The molecule has 0 amide bonds. The highest BCUT2D eigenvalue weighted by molar-refractivity contribution is 7.98. The molecule has 0 unspecified atom stereocenters. The van der Waals surface area contributed by atoms with Crippen molar-refractivity contribution in [2.45, 2.75) is 10.8 Å². The molecule has 0 aliphatic heterocycles. The molecule has 0 fully saturated rings. The van der Waals surface area contributed by atoms with Gasteiger partial charge in [-0.3, -0.25) is 4.98 Å². The second kappa shape index (κ2) is 6.88. The lowest BCUT2D eigenvalue weighted by atomic mass is 10.2. The van der Waals surface area contributed by atoms with E-state index in [-0.39, 0.29) is 0 Å². The van der Waals surface area contributed by atoms with Crippen LogP contribution >= 0.6 is 11.8 Å². The lowest BCUT2D eigenvalue weighted by Gasteiger charge is -2.06. The van der Waals surface area contributed by atoms with E-state index >= 15 is 0 Å². The molecule has 106 valence electrons. The number of nitriles is 1. The first-order valence-electron chi connectivity index (χ1n) is 6.86. The second-order valence-corrected chi connectivity index (χ2v) is 5.61. The van der Waals surface area contributed by atoms with Crippen LogP contribution in [0.1, 0.15) is 11.1 Å². The summed E-state index contributed by atoms with van der Waals surface area (Å²) >= 11 is 1.57. The molecule has 0 saturated heterocycles. The van der Waals surface area contributed by atoms with Gasteiger partial charge in [0, 0.05) is 11.9 Å². The highest BCUT2D eigenvalue weighted by Gasteiger charge is 2.08. The normalized spacial score (nSPS) is 10.1. The number of pyridine rings is 2. The molecule has 0 aliphatic rings. The Hall–Kier alpha value is -2.64. The van der Waals surface area contributed by atoms with Crippen LogP contribution in [0.4, 0.5) is 0 Å². The molecule has 3 rings (SSSR count). The average Bonchev–Trinajstić information content (AvgIpc) is 2.61. The van der Waals surface area contributed by atoms with Crippen molar-refractivity contribution in [2.75, 3.05) is 0 Å². The fourth-order valence-electron chi connectivity index (χ4n) is 2.02. The zero-order valence-corrected chi connectivity index (χ0v) is 12.6. The molecule has 0 spiro atoms. The summed E-state index contributed by atoms with van der Waals surface area (Å²) in [6.45, 7) is 0. The van der Waals surface area contributed by atoms with Crippen molar-refractivity contribution >= 4 is 11.8 Å². The predicted molar refractivity (Wildman–Crippen MR) is 88.2 cm³/mol. The summed E-state index contributed by atoms with van der Waals surface area (Å²) in [6, 6.07) is 21.7. The highest BCUT2D eigenvalue weighted by Crippen LogP contribution is 2.26. The minimum Gasteiger partial charge on any atom is -0.255 e. The Morgan fingerprint density at radius 3 is 2.45 bits per heavy atom. The molecular weight excluding hydrogens is 290 g/mol. The maximum Gasteiger partial charge on any atom is 0.115 e. The first-order valence-corrected chi connectivity index (χ1v) is 7.84. The zero-order valence-electron chi connectivity index (χ0n) is 11.8. The SMILES string of the molecule is N#Cc1ccc(-c2ccccn2)nc1SCc1ccccc1. The number of aromatic nitrogens is 2. The van der Waals surface area contributed by atoms with Crippen molar-refractivity contribution in [1.82, 2.24) is 9.97 Å². The number of nitrogens with zero attached hydrogens (tertiary/aromatic N) is 3. The summed E-state index contributed by atoms with van der Waals surface area (Å²) in [5.74, 6) is 0.786. The van der Waals surface area contributed by atoms with Gasteiger partial charge in [-0.15, -0.1) is 11.8 Å². The van der Waals surface area contributed by atoms with Crippen LogP contribution in [0.5, 0.6) is 0 Å². The first kappa shape index (κ1) is 14.3. The Balaban J connectivity index is 1.87. The van der Waals surface area contributed by atoms with Crippen molar-refractivity contribution in [1.29, 1.82) is 5.26 Å². The molecule has 0 atom stereocenters. The van der Waals surface area contributed by atoms with E-state index in [1.165, 1.54) is 5.56 Å². The van der Waals surface area contributed by atoms with Crippen LogP contribution < -0.4 is 0 Å². The van der Waals surface area contributed by atoms with Gasteiger partial charge in [0.1, 0.15) is 11.1 Å². The predicted octanol–water partition coefficient (Wildman–Crippen LogP) is 4.31. The summed E-state index contributed by atoms with van der Waals surface area (Å²) < 4.78 is 0. The van der Waals surface area contributed by atoms with E-state index in [1.807, 2.05) is 48.5 Å². The van der Waals surface area contributed by atoms with E-state index in [4.69, 9.17) is 0 Å². The van der Waals surface area contributed by atoms with E-state index in [1.54, 1.807) is 18.0 Å². The molecule has 3 aromatic rings. The third kappa shape index (κ3) is 3.33. The molecule has 2 aromatic heterocycles. The van der Waals surface area contributed by atoms with Gasteiger partial charge < -0.3 is 0 Å². The molecular formula is C18H13N3S. The molecule has 0 aliphatic carbocycles. The lowest BCUT2D eigenvalue weighted by molar-refractivity contribution is 1.10. The largest absolute Gasteiger partial charge is 0.255 e. The summed E-state index contributed by atoms with van der Waals surface area (Å²) in [4.78, 5) is 8.92. The van der Waals surface area contributed by atoms with E-state index in [0.29, 0.717) is 5.56 Å². The van der Waals surface area contributed by atoms with Crippen LogP contribution in [0, 0.1) is 11.3 Å². The highest BCUT2D eigenvalue weighted by atomic mass is 32.2. The molecule has 0 saturated carbocycles. The van der Waals surface area contributed by atoms with Crippen LogP contribution in [0.3, 0.4) is 0 Å². The Morgan fingerprint density at radius 2 is 1.73 bits per heavy atom. The molecule has 22 heavy (non-hydrogen) atoms. The van der Waals surface area contributed by atoms with Gasteiger partial charge in [-0.05, 0) is 29.8 Å². The molecule has 4 heteroatoms. The first-order chi connectivity index (χ1) is 10.9. The van der Waals surface area contributed by atoms with E-state index in [2.05, 4.69) is 28.2 Å². The lowest BCUT2D eigenvalue weighted by Crippen LogP contribution is -1.93. The fraction of sp³-hybridized carbons (Fsp3) is 0.0556. The van der Waals surface area contributed by atoms with Crippen molar-refractivity contribution in [2.24, 2.45) is 0 Å². The summed E-state index contributed by atoms with van der Waals surface area (Å²) in [6.07, 6.45) is 1.74. The maximum absolute atomic E-state index is 9.26. The second-order valence-electron chi connectivity index (χ2n) is 4.65. The van der Waals surface area contributed by atoms with Crippen molar-refractivity contribution < 1.29 is 0 Å². The van der Waals surface area contributed by atoms with Gasteiger partial charge in [0.2, 0.25) is 0 Å². The van der Waals surface area contributed by atoms with Gasteiger partial charge in [-0.1, -0.05) is 36.4 Å². The van der Waals surface area contributed by atoms with E-state index in [9.17, 15) is 5.26 Å². The number of benzene rings is 1. The molecule has 1 aromatic carbocycles. The summed E-state index contributed by atoms with van der Waals surface area (Å²) in [5.41, 5.74) is 3.41. The minimum atomic E-state index is 0.598. The van der Waals surface area contributed by atoms with Gasteiger partial charge in [0.25, 0.3) is 0 Å². The number of hydrogen-bond acceptors (Lipinski definition) is 4. The van der Waals surface area contributed by atoms with Crippen LogP contribution in [-0.2, 0) is 5.75 Å². The fourth-order valence-corrected chi connectivity index (χ4v) is 2.95. The third-order valence-electron chi connectivity index (χ3n) is 3.13. The van der Waals surface area contributed by atoms with Crippen LogP contribution in [-0.4, -0.2) is 9.97 Å². The minimum absolute atomic E-state index is 0.598.